The molecule has 1 amide bonds. The van der Waals surface area contributed by atoms with Crippen LogP contribution in [0, 0.1) is 0 Å². The van der Waals surface area contributed by atoms with E-state index in [-0.39, 0.29) is 18.0 Å². The second-order valence-electron chi connectivity index (χ2n) is 6.04. The van der Waals surface area contributed by atoms with Crippen molar-refractivity contribution >= 4 is 11.6 Å². The second-order valence-corrected chi connectivity index (χ2v) is 6.04. The number of amides is 1. The summed E-state index contributed by atoms with van der Waals surface area (Å²) in [4.78, 5) is 12.4. The standard InChI is InChI=1S/C21H28N2O3/c1-5-25-19-13-12-17(14-20(19)26-6-2)15(3)22-16(4)21(24)23-18-10-8-7-9-11-18/h7-16,22H,5-6H2,1-4H3,(H,23,24)/t15-,16+/m0/s1. The highest BCUT2D eigenvalue weighted by molar-refractivity contribution is 5.94. The van der Waals surface area contributed by atoms with Crippen LogP contribution in [0.25, 0.3) is 0 Å². The maximum atomic E-state index is 12.4. The van der Waals surface area contributed by atoms with Crippen molar-refractivity contribution in [2.24, 2.45) is 0 Å². The highest BCUT2D eigenvalue weighted by Crippen LogP contribution is 2.30. The largest absolute Gasteiger partial charge is 0.490 e. The first-order chi connectivity index (χ1) is 12.5. The number of rotatable bonds is 9. The summed E-state index contributed by atoms with van der Waals surface area (Å²) >= 11 is 0. The van der Waals surface area contributed by atoms with Gasteiger partial charge in [0.05, 0.1) is 19.3 Å². The first kappa shape index (κ1) is 19.8. The van der Waals surface area contributed by atoms with E-state index >= 15 is 0 Å². The third-order valence-corrected chi connectivity index (χ3v) is 4.00. The highest BCUT2D eigenvalue weighted by Gasteiger charge is 2.18. The molecule has 0 heterocycles. The molecule has 2 rings (SSSR count). The zero-order valence-corrected chi connectivity index (χ0v) is 15.9. The van der Waals surface area contributed by atoms with Gasteiger partial charge in [0.2, 0.25) is 5.91 Å². The van der Waals surface area contributed by atoms with Crippen LogP contribution in [-0.4, -0.2) is 25.2 Å². The van der Waals surface area contributed by atoms with Gasteiger partial charge in [-0.2, -0.15) is 0 Å². The van der Waals surface area contributed by atoms with Gasteiger partial charge in [-0.3, -0.25) is 10.1 Å². The van der Waals surface area contributed by atoms with Crippen LogP contribution in [0.15, 0.2) is 48.5 Å². The molecule has 2 N–H and O–H groups in total. The highest BCUT2D eigenvalue weighted by atomic mass is 16.5. The Morgan fingerprint density at radius 3 is 2.27 bits per heavy atom. The number of carbonyl (C=O) groups excluding carboxylic acids is 1. The quantitative estimate of drug-likeness (QED) is 0.708. The molecule has 0 radical (unpaired) electrons. The number of nitrogens with one attached hydrogen (secondary N) is 2. The molecular formula is C21H28N2O3. The summed E-state index contributed by atoms with van der Waals surface area (Å²) in [5.74, 6) is 1.39. The number of anilines is 1. The van der Waals surface area contributed by atoms with E-state index in [0.29, 0.717) is 13.2 Å². The average molecular weight is 356 g/mol. The molecule has 0 fully saturated rings. The van der Waals surface area contributed by atoms with Gasteiger partial charge in [-0.25, -0.2) is 0 Å². The minimum atomic E-state index is -0.340. The minimum absolute atomic E-state index is 0.0126. The molecule has 0 spiro atoms. The molecule has 2 aromatic rings. The third kappa shape index (κ3) is 5.49. The van der Waals surface area contributed by atoms with Crippen molar-refractivity contribution in [3.05, 3.63) is 54.1 Å². The van der Waals surface area contributed by atoms with E-state index in [1.54, 1.807) is 0 Å². The molecule has 0 saturated heterocycles. The Kier molecular flexibility index (Phi) is 7.48. The zero-order valence-electron chi connectivity index (χ0n) is 15.9. The van der Waals surface area contributed by atoms with Gasteiger partial charge in [0.15, 0.2) is 11.5 Å². The van der Waals surface area contributed by atoms with Gasteiger partial charge in [0, 0.05) is 11.7 Å². The minimum Gasteiger partial charge on any atom is -0.490 e. The Bertz CT molecular complexity index is 704. The molecule has 5 heteroatoms. The summed E-state index contributed by atoms with van der Waals surface area (Å²) in [7, 11) is 0. The van der Waals surface area contributed by atoms with Gasteiger partial charge in [0.1, 0.15) is 0 Å². The van der Waals surface area contributed by atoms with E-state index < -0.39 is 0 Å². The summed E-state index contributed by atoms with van der Waals surface area (Å²) in [5.41, 5.74) is 1.83. The summed E-state index contributed by atoms with van der Waals surface area (Å²) in [6.45, 7) is 8.93. The molecule has 0 unspecified atom stereocenters. The number of benzene rings is 2. The molecule has 5 nitrogen and oxygen atoms in total. The van der Waals surface area contributed by atoms with E-state index in [0.717, 1.165) is 22.7 Å². The topological polar surface area (TPSA) is 59.6 Å². The smallest absolute Gasteiger partial charge is 0.241 e. The molecule has 0 bridgehead atoms. The molecule has 140 valence electrons. The van der Waals surface area contributed by atoms with Gasteiger partial charge < -0.3 is 14.8 Å². The van der Waals surface area contributed by atoms with Gasteiger partial charge in [-0.15, -0.1) is 0 Å². The third-order valence-electron chi connectivity index (χ3n) is 4.00. The Labute approximate surface area is 155 Å². The predicted molar refractivity (Wildman–Crippen MR) is 105 cm³/mol. The molecular weight excluding hydrogens is 328 g/mol. The van der Waals surface area contributed by atoms with Gasteiger partial charge in [-0.1, -0.05) is 24.3 Å². The second kappa shape index (κ2) is 9.82. The van der Waals surface area contributed by atoms with Crippen LogP contribution < -0.4 is 20.1 Å². The lowest BCUT2D eigenvalue weighted by molar-refractivity contribution is -0.117. The van der Waals surface area contributed by atoms with E-state index in [1.165, 1.54) is 0 Å². The first-order valence-corrected chi connectivity index (χ1v) is 9.06. The van der Waals surface area contributed by atoms with Crippen molar-refractivity contribution in [1.82, 2.24) is 5.32 Å². The van der Waals surface area contributed by atoms with E-state index in [9.17, 15) is 4.79 Å². The van der Waals surface area contributed by atoms with Crippen molar-refractivity contribution in [3.63, 3.8) is 0 Å². The zero-order chi connectivity index (χ0) is 18.9. The summed E-state index contributed by atoms with van der Waals surface area (Å²) in [5, 5.41) is 6.24. The van der Waals surface area contributed by atoms with Crippen molar-refractivity contribution in [2.45, 2.75) is 39.8 Å². The molecule has 2 atom stereocenters. The van der Waals surface area contributed by atoms with Crippen LogP contribution >= 0.6 is 0 Å². The van der Waals surface area contributed by atoms with Crippen LogP contribution in [0.3, 0.4) is 0 Å². The Hall–Kier alpha value is -2.53. The van der Waals surface area contributed by atoms with Crippen LogP contribution in [-0.2, 0) is 4.79 Å². The number of para-hydroxylation sites is 1. The van der Waals surface area contributed by atoms with E-state index in [4.69, 9.17) is 9.47 Å². The Morgan fingerprint density at radius 2 is 1.62 bits per heavy atom. The van der Waals surface area contributed by atoms with Crippen LogP contribution in [0.4, 0.5) is 5.69 Å². The fourth-order valence-corrected chi connectivity index (χ4v) is 2.66. The van der Waals surface area contributed by atoms with Gasteiger partial charge >= 0.3 is 0 Å². The maximum absolute atomic E-state index is 12.4. The monoisotopic (exact) mass is 356 g/mol. The van der Waals surface area contributed by atoms with Crippen molar-refractivity contribution in [3.8, 4) is 11.5 Å². The van der Waals surface area contributed by atoms with Crippen LogP contribution in [0.1, 0.15) is 39.3 Å². The SMILES string of the molecule is CCOc1ccc([C@H](C)N[C@H](C)C(=O)Nc2ccccc2)cc1OCC. The Morgan fingerprint density at radius 1 is 0.962 bits per heavy atom. The Balaban J connectivity index is 2.02. The first-order valence-electron chi connectivity index (χ1n) is 9.06. The lowest BCUT2D eigenvalue weighted by Crippen LogP contribution is -2.39. The molecule has 0 aliphatic heterocycles. The maximum Gasteiger partial charge on any atom is 0.241 e. The van der Waals surface area contributed by atoms with Gasteiger partial charge in [-0.05, 0) is 57.5 Å². The molecule has 0 aromatic heterocycles. The van der Waals surface area contributed by atoms with Crippen LogP contribution in [0.5, 0.6) is 11.5 Å². The molecule has 26 heavy (non-hydrogen) atoms. The fraction of sp³-hybridized carbons (Fsp3) is 0.381. The van der Waals surface area contributed by atoms with Crippen molar-refractivity contribution in [2.75, 3.05) is 18.5 Å². The molecule has 0 aliphatic rings. The lowest BCUT2D eigenvalue weighted by atomic mass is 10.1. The average Bonchev–Trinajstić information content (AvgIpc) is 2.64. The number of carbonyl (C=O) groups is 1. The van der Waals surface area contributed by atoms with Crippen molar-refractivity contribution < 1.29 is 14.3 Å². The lowest BCUT2D eigenvalue weighted by Gasteiger charge is -2.21. The number of hydrogen-bond acceptors (Lipinski definition) is 4. The van der Waals surface area contributed by atoms with Gasteiger partial charge in [0.25, 0.3) is 0 Å². The molecule has 2 aromatic carbocycles. The number of hydrogen-bond donors (Lipinski definition) is 2. The van der Waals surface area contributed by atoms with Crippen molar-refractivity contribution in [1.29, 1.82) is 0 Å². The fourth-order valence-electron chi connectivity index (χ4n) is 2.66. The summed E-state index contributed by atoms with van der Waals surface area (Å²) in [6, 6.07) is 15.0. The predicted octanol–water partition coefficient (Wildman–Crippen LogP) is 4.16. The van der Waals surface area contributed by atoms with E-state index in [2.05, 4.69) is 10.6 Å². The summed E-state index contributed by atoms with van der Waals surface area (Å²) < 4.78 is 11.3. The molecule has 0 saturated carbocycles. The normalized spacial score (nSPS) is 12.9. The van der Waals surface area contributed by atoms with E-state index in [1.807, 2.05) is 76.2 Å². The summed E-state index contributed by atoms with van der Waals surface area (Å²) in [6.07, 6.45) is 0. The van der Waals surface area contributed by atoms with Crippen LogP contribution in [0.2, 0.25) is 0 Å². The molecule has 0 aliphatic carbocycles. The number of ether oxygens (including phenoxy) is 2.